The number of carbonyl (C=O) groups is 1. The maximum Gasteiger partial charge on any atom is 0.177 e. The van der Waals surface area contributed by atoms with Crippen LogP contribution >= 0.6 is 22.7 Å². The van der Waals surface area contributed by atoms with Crippen molar-refractivity contribution in [1.29, 1.82) is 0 Å². The van der Waals surface area contributed by atoms with Gasteiger partial charge in [0.15, 0.2) is 5.78 Å². The van der Waals surface area contributed by atoms with E-state index in [-0.39, 0.29) is 28.3 Å². The number of hydrogen-bond acceptors (Lipinski definition) is 30. The van der Waals surface area contributed by atoms with Crippen LogP contribution in [0.15, 0.2) is 395 Å². The molecule has 772 valence electrons. The number of Topliss-reactive ketones (excluding diaryl/α,β-unsaturated/α-hetero) is 1. The van der Waals surface area contributed by atoms with Crippen molar-refractivity contribution in [3.8, 4) is 0 Å². The summed E-state index contributed by atoms with van der Waals surface area (Å²) < 4.78 is 0. The molecule has 5 saturated carbocycles. The molecule has 146 heavy (non-hydrogen) atoms. The zero-order valence-electron chi connectivity index (χ0n) is 84.2. The van der Waals surface area contributed by atoms with Gasteiger partial charge in [0.05, 0.1) is 33.4 Å². The van der Waals surface area contributed by atoms with Gasteiger partial charge >= 0.3 is 0 Å². The molecule has 28 nitrogen and oxygen atoms in total. The van der Waals surface area contributed by atoms with E-state index in [2.05, 4.69) is 102 Å². The number of oxime groups is 11. The molecule has 0 aliphatic heterocycles. The molecule has 2 bridgehead atoms. The number of hydrogen-bond donors (Lipinski definition) is 15. The summed E-state index contributed by atoms with van der Waals surface area (Å²) in [5.41, 5.74) is 13.6. The van der Waals surface area contributed by atoms with Crippen molar-refractivity contribution >= 4 is 91.3 Å². The number of aliphatic hydroxyl groups excluding tert-OH is 3. The molecule has 0 radical (unpaired) electrons. The predicted octanol–water partition coefficient (Wildman–Crippen LogP) is 25.3. The van der Waals surface area contributed by atoms with Crippen LogP contribution in [0.2, 0.25) is 0 Å². The van der Waals surface area contributed by atoms with Crippen molar-refractivity contribution in [2.24, 2.45) is 73.5 Å². The van der Waals surface area contributed by atoms with Crippen LogP contribution in [0.5, 0.6) is 0 Å². The molecule has 5 fully saturated rings. The first-order valence-corrected chi connectivity index (χ1v) is 50.1. The number of thiophene rings is 2. The molecule has 2 heterocycles. The number of aliphatic hydroxyl groups is 5. The van der Waals surface area contributed by atoms with E-state index in [1.807, 2.05) is 278 Å². The fourth-order valence-corrected chi connectivity index (χ4v) is 18.3. The molecule has 10 aromatic carbocycles. The van der Waals surface area contributed by atoms with E-state index in [0.29, 0.717) is 70.3 Å². The first-order valence-electron chi connectivity index (χ1n) is 48.4. The van der Waals surface area contributed by atoms with Gasteiger partial charge in [-0.15, -0.1) is 22.7 Å². The van der Waals surface area contributed by atoms with E-state index in [4.69, 9.17) is 56.9 Å². The molecule has 12 aromatic rings. The molecule has 2 aromatic heterocycles. The lowest BCUT2D eigenvalue weighted by Crippen LogP contribution is -2.41. The number of ketones is 1. The zero-order valence-corrected chi connectivity index (χ0v) is 85.8. The topological polar surface area (TPSA) is 466 Å². The number of benzene rings is 10. The third-order valence-electron chi connectivity index (χ3n) is 25.8. The molecule has 17 rings (SSSR count). The minimum Gasteiger partial charge on any atom is -0.411 e. The van der Waals surface area contributed by atoms with Crippen molar-refractivity contribution in [2.45, 2.75) is 206 Å². The van der Waals surface area contributed by atoms with Crippen LogP contribution in [-0.4, -0.2) is 165 Å². The lowest BCUT2D eigenvalue weighted by atomic mass is 9.70. The monoisotopic (exact) mass is 2020 g/mol. The first kappa shape index (κ1) is 118. The molecule has 5 aliphatic carbocycles. The molecule has 30 heteroatoms. The average Bonchev–Trinajstić information content (AvgIpc) is 1.56. The first-order chi connectivity index (χ1) is 70.6. The van der Waals surface area contributed by atoms with Crippen LogP contribution in [0.4, 0.5) is 0 Å². The highest BCUT2D eigenvalue weighted by molar-refractivity contribution is 7.12. The van der Waals surface area contributed by atoms with Gasteiger partial charge in [-0.05, 0) is 185 Å². The predicted molar refractivity (Wildman–Crippen MR) is 582 cm³/mol. The smallest absolute Gasteiger partial charge is 0.177 e. The lowest BCUT2D eigenvalue weighted by Gasteiger charge is -2.33. The van der Waals surface area contributed by atoms with Crippen LogP contribution in [0, 0.1) is 16.7 Å². The molecule has 0 saturated heterocycles. The van der Waals surface area contributed by atoms with Crippen LogP contribution in [0.25, 0.3) is 0 Å². The summed E-state index contributed by atoms with van der Waals surface area (Å²) in [6, 6.07) is 103. The lowest BCUT2D eigenvalue weighted by molar-refractivity contribution is -0.111. The summed E-state index contributed by atoms with van der Waals surface area (Å²) in [6.07, 6.45) is 15.9. The van der Waals surface area contributed by atoms with E-state index in [0.717, 1.165) is 136 Å². The Kier molecular flexibility index (Phi) is 51.9. The summed E-state index contributed by atoms with van der Waals surface area (Å²) in [5.74, 6) is 1.19. The molecule has 15 N–H and O–H groups in total. The van der Waals surface area contributed by atoms with E-state index >= 15 is 0 Å². The molecule has 5 unspecified atom stereocenters. The van der Waals surface area contributed by atoms with Crippen LogP contribution in [0.3, 0.4) is 0 Å². The van der Waals surface area contributed by atoms with Gasteiger partial charge in [-0.2, -0.15) is 0 Å². The van der Waals surface area contributed by atoms with Gasteiger partial charge in [0, 0.05) is 45.9 Å². The van der Waals surface area contributed by atoms with Gasteiger partial charge < -0.3 is 82.4 Å². The summed E-state index contributed by atoms with van der Waals surface area (Å²) in [4.78, 5) is 16.5. The third kappa shape index (κ3) is 37.8. The van der Waals surface area contributed by atoms with Gasteiger partial charge in [-0.3, -0.25) is 4.79 Å². The van der Waals surface area contributed by atoms with Crippen molar-refractivity contribution in [2.75, 3.05) is 7.11 Å². The maximum absolute atomic E-state index is 10.5. The number of fused-ring (bicyclic) bond motifs is 2. The van der Waals surface area contributed by atoms with Crippen molar-refractivity contribution < 1.29 is 87.2 Å². The Bertz CT molecular complexity index is 6050. The fourth-order valence-electron chi connectivity index (χ4n) is 16.9. The summed E-state index contributed by atoms with van der Waals surface area (Å²) in [6.45, 7) is 14.6. The highest BCUT2D eigenvalue weighted by Gasteiger charge is 2.60. The Morgan fingerprint density at radius 2 is 0.836 bits per heavy atom. The maximum atomic E-state index is 10.5. The van der Waals surface area contributed by atoms with E-state index in [1.54, 1.807) is 57.2 Å². The Hall–Kier alpha value is -14.8. The average molecular weight is 2020 g/mol. The van der Waals surface area contributed by atoms with Crippen molar-refractivity contribution in [1.82, 2.24) is 0 Å². The minimum atomic E-state index is -1.13. The second-order valence-electron chi connectivity index (χ2n) is 36.2. The summed E-state index contributed by atoms with van der Waals surface area (Å²) in [7, 11) is 1.47. The number of nitrogens with zero attached hydrogens (tertiary/aromatic N) is 11. The molecular weight excluding hydrogens is 1880 g/mol. The van der Waals surface area contributed by atoms with Gasteiger partial charge in [0.1, 0.15) is 70.9 Å². The van der Waals surface area contributed by atoms with E-state index < -0.39 is 29.5 Å². The molecule has 5 atom stereocenters. The van der Waals surface area contributed by atoms with Crippen molar-refractivity contribution in [3.05, 3.63) is 404 Å². The fraction of sp³-hybridized carbons (Fsp3) is 0.310. The highest BCUT2D eigenvalue weighted by atomic mass is 32.1. The Balaban J connectivity index is 0.000000219. The van der Waals surface area contributed by atoms with Gasteiger partial charge in [-0.25, -0.2) is 0 Å². The van der Waals surface area contributed by atoms with Crippen LogP contribution in [-0.2, 0) is 16.1 Å². The second kappa shape index (κ2) is 64.1. The van der Waals surface area contributed by atoms with Crippen molar-refractivity contribution in [3.63, 3.8) is 0 Å². The Labute approximate surface area is 863 Å². The molecule has 0 spiro atoms. The van der Waals surface area contributed by atoms with Gasteiger partial charge in [-0.1, -0.05) is 419 Å². The zero-order chi connectivity index (χ0) is 106. The molecule has 5 aliphatic rings. The number of rotatable bonds is 20. The summed E-state index contributed by atoms with van der Waals surface area (Å²) >= 11 is 2.87. The Morgan fingerprint density at radius 3 is 1.21 bits per heavy atom. The van der Waals surface area contributed by atoms with Crippen LogP contribution in [0.1, 0.15) is 254 Å². The Morgan fingerprint density at radius 1 is 0.411 bits per heavy atom. The van der Waals surface area contributed by atoms with E-state index in [9.17, 15) is 30.3 Å². The normalized spacial score (nSPS) is 17.8. The number of carbonyl (C=O) groups excluding carboxylic acids is 1. The van der Waals surface area contributed by atoms with Crippen LogP contribution < -0.4 is 0 Å². The van der Waals surface area contributed by atoms with Gasteiger partial charge in [0.25, 0.3) is 0 Å². The largest absolute Gasteiger partial charge is 0.411 e. The minimum absolute atomic E-state index is 0.139. The highest BCUT2D eigenvalue weighted by Crippen LogP contribution is 2.64. The summed E-state index contributed by atoms with van der Waals surface area (Å²) in [5, 5.41) is 177. The quantitative estimate of drug-likeness (QED) is 0.0191. The van der Waals surface area contributed by atoms with Gasteiger partial charge in [0.2, 0.25) is 0 Å². The SMILES string of the molecule is C/C(=N/O)c1ccccc1.CC(=O)/C(C)=N/O.CC(C)(O)/C(=N/O)c1ccccc1.CC12CCC(C/C1=N/O)C2(C)C.CO/N=C(\c1ccccc1)C(O)c1ccccc1.O/N=C(/Cc1ccccc1)c1ccccc1.O/N=C(/c1ccccc1)C(O)c1ccccc1.O/N=C(/c1ccccc1)C1(O)CCCCC1.O/N=C(\c1cccs1)C(O)c1cccs1.ON=C1CCC(c2ccccc2)CC1.ON=C1CCCCC1. The third-order valence-corrected chi connectivity index (χ3v) is 27.6. The standard InChI is InChI=1S/C15H15NO2.C14H13NO2.C14H13NO.C13H17NO2.C12H15NO.C10H9NO2S2.C10H13NO2.C10H17NO.C8H9NO.C6H11NO.C4H7NO2/c1-18-16-14(12-8-4-2-5-9-12)15(17)13-10-6-3-7-11-13;16-14(12-9-5-2-6-10-12)13(15-17)11-7-3-1-4-8-11;16-15-14(13-9-5-2-6-10-13)11-12-7-3-1-4-8-12;15-13(9-5-2-6-10-13)12(14-16)11-7-3-1-4-8-11;14-13-12-8-6-11(7-9-12)10-4-2-1-3-5-10;12-10(8-4-2-6-15-8)9(11-13)7-3-1-5-14-7;1-10(2,12)9(11-13)8-6-4-3-5-7-8;1-9(2)7-4-5-10(9,3)8(6-7)11-12;1-7(9-10)8-5-3-2-4-6-8;8-7-6-4-2-1-3-5-6;1-3(5-7)4(2)6/h2-11,15,17H,1H3;1-10,14,16-17H;1-10,16H,11H2;1,3-4,7-8,15-16H,2,5-6,9-10H2;1-5,11,14H,6-9H2;1-6,10,12-13H;3-7,12-13H,1-2H3;7,12H,4-6H2,1-3H3;2-6,10H,1H3;8H,1-5H2;7H,1-2H3/b16-14+;15-13-;15-14-;14-12-;;2*11-9+;11-8-;9-7-;;5-3+. The van der Waals surface area contributed by atoms with E-state index in [1.165, 1.54) is 81.3 Å². The second-order valence-corrected chi connectivity index (χ2v) is 38.1. The molecule has 0 amide bonds. The molecular formula is C116H139N11O17S2.